The van der Waals surface area contributed by atoms with Crippen LogP contribution in [0.5, 0.6) is 0 Å². The smallest absolute Gasteiger partial charge is 0.269 e. The number of hydrogen-bond acceptors (Lipinski definition) is 2. The molecule has 1 N–H and O–H groups in total. The summed E-state index contributed by atoms with van der Waals surface area (Å²) in [6.07, 6.45) is 4.71. The Kier molecular flexibility index (Phi) is 4.66. The van der Waals surface area contributed by atoms with E-state index in [1.807, 2.05) is 0 Å². The molecular weight excluding hydrogens is 300 g/mol. The molecule has 1 aromatic carbocycles. The maximum Gasteiger partial charge on any atom is 0.269 e. The number of nitro groups is 1. The van der Waals surface area contributed by atoms with Crippen LogP contribution >= 0.6 is 0 Å². The molecule has 1 aliphatic rings. The fourth-order valence-electron chi connectivity index (χ4n) is 2.60. The Morgan fingerprint density at radius 1 is 0.958 bits per heavy atom. The highest BCUT2D eigenvalue weighted by Crippen LogP contribution is 2.21. The molecule has 1 aliphatic carbocycles. The zero-order chi connectivity index (χ0) is 16.8. The van der Waals surface area contributed by atoms with Gasteiger partial charge < -0.3 is 4.98 Å². The molecule has 0 saturated carbocycles. The number of aromatic nitrogens is 1. The summed E-state index contributed by atoms with van der Waals surface area (Å²) in [5.74, 6) is 16.7. The van der Waals surface area contributed by atoms with Gasteiger partial charge in [0.15, 0.2) is 0 Å². The van der Waals surface area contributed by atoms with Crippen molar-refractivity contribution in [1.82, 2.24) is 4.98 Å². The van der Waals surface area contributed by atoms with E-state index in [-0.39, 0.29) is 5.69 Å². The van der Waals surface area contributed by atoms with Gasteiger partial charge in [-0.1, -0.05) is 5.92 Å². The molecule has 1 aromatic heterocycles. The van der Waals surface area contributed by atoms with Gasteiger partial charge in [-0.3, -0.25) is 10.1 Å². The maximum atomic E-state index is 10.6. The standard InChI is InChI=1S/C20H14N2O2/c23-22(24)19-13-11-16(12-14-19)7-3-1-2-4-9-18-15-17-8-5-6-10-20(17)21-18/h11-15,21H,5-6,8,10H2. The number of aryl methyl sites for hydroxylation is 2. The quantitative estimate of drug-likeness (QED) is 0.499. The van der Waals surface area contributed by atoms with E-state index in [2.05, 4.69) is 46.6 Å². The normalized spacial score (nSPS) is 11.7. The molecule has 4 nitrogen and oxygen atoms in total. The third-order valence-corrected chi connectivity index (χ3v) is 3.78. The highest BCUT2D eigenvalue weighted by molar-refractivity contribution is 5.47. The summed E-state index contributed by atoms with van der Waals surface area (Å²) in [5, 5.41) is 10.6. The average Bonchev–Trinajstić information content (AvgIpc) is 3.01. The van der Waals surface area contributed by atoms with E-state index < -0.39 is 4.92 Å². The van der Waals surface area contributed by atoms with Crippen LogP contribution in [0.3, 0.4) is 0 Å². The first kappa shape index (κ1) is 15.5. The van der Waals surface area contributed by atoms with Crippen LogP contribution in [0.2, 0.25) is 0 Å². The number of non-ortho nitro benzene ring substituents is 1. The second-order valence-corrected chi connectivity index (χ2v) is 5.45. The molecule has 116 valence electrons. The minimum atomic E-state index is -0.439. The van der Waals surface area contributed by atoms with Crippen molar-refractivity contribution in [3.63, 3.8) is 0 Å². The topological polar surface area (TPSA) is 58.9 Å². The fourth-order valence-corrected chi connectivity index (χ4v) is 2.60. The van der Waals surface area contributed by atoms with E-state index in [1.165, 1.54) is 36.2 Å². The Bertz CT molecular complexity index is 925. The number of nitrogens with zero attached hydrogens (tertiary/aromatic N) is 1. The van der Waals surface area contributed by atoms with Crippen LogP contribution in [-0.4, -0.2) is 9.91 Å². The van der Waals surface area contributed by atoms with E-state index >= 15 is 0 Å². The monoisotopic (exact) mass is 314 g/mol. The first-order chi connectivity index (χ1) is 11.7. The van der Waals surface area contributed by atoms with Gasteiger partial charge in [0.2, 0.25) is 0 Å². The molecule has 0 radical (unpaired) electrons. The highest BCUT2D eigenvalue weighted by atomic mass is 16.6. The Hall–Kier alpha value is -3.42. The second kappa shape index (κ2) is 7.23. The molecule has 3 rings (SSSR count). The van der Waals surface area contributed by atoms with Crippen LogP contribution in [0.15, 0.2) is 30.3 Å². The lowest BCUT2D eigenvalue weighted by molar-refractivity contribution is -0.384. The average molecular weight is 314 g/mol. The van der Waals surface area contributed by atoms with Gasteiger partial charge in [0.05, 0.1) is 10.6 Å². The summed E-state index contributed by atoms with van der Waals surface area (Å²) in [7, 11) is 0. The Balaban J connectivity index is 1.63. The Morgan fingerprint density at radius 3 is 2.38 bits per heavy atom. The SMILES string of the molecule is O=[N+]([O-])c1ccc(C#CC#CC#Cc2cc3c([nH]2)CCCC3)cc1. The highest BCUT2D eigenvalue weighted by Gasteiger charge is 2.11. The third kappa shape index (κ3) is 3.86. The predicted molar refractivity (Wildman–Crippen MR) is 92.1 cm³/mol. The van der Waals surface area contributed by atoms with E-state index in [4.69, 9.17) is 0 Å². The van der Waals surface area contributed by atoms with E-state index in [0.29, 0.717) is 5.56 Å². The lowest BCUT2D eigenvalue weighted by Crippen LogP contribution is -1.99. The zero-order valence-electron chi connectivity index (χ0n) is 13.0. The molecular formula is C20H14N2O2. The summed E-state index contributed by atoms with van der Waals surface area (Å²) in [5.41, 5.74) is 4.30. The van der Waals surface area contributed by atoms with Gasteiger partial charge in [-0.05, 0) is 79.0 Å². The molecule has 4 heteroatoms. The van der Waals surface area contributed by atoms with Crippen molar-refractivity contribution >= 4 is 5.69 Å². The van der Waals surface area contributed by atoms with Crippen molar-refractivity contribution in [3.8, 4) is 35.5 Å². The van der Waals surface area contributed by atoms with Crippen LogP contribution in [-0.2, 0) is 12.8 Å². The van der Waals surface area contributed by atoms with E-state index in [0.717, 1.165) is 18.5 Å². The number of rotatable bonds is 1. The molecule has 0 bridgehead atoms. The molecule has 0 spiro atoms. The van der Waals surface area contributed by atoms with Crippen LogP contribution in [0.4, 0.5) is 5.69 Å². The first-order valence-electron chi connectivity index (χ1n) is 7.69. The molecule has 0 atom stereocenters. The van der Waals surface area contributed by atoms with Crippen molar-refractivity contribution in [2.45, 2.75) is 25.7 Å². The number of H-pyrrole nitrogens is 1. The third-order valence-electron chi connectivity index (χ3n) is 3.78. The molecule has 0 fully saturated rings. The maximum absolute atomic E-state index is 10.6. The minimum Gasteiger partial charge on any atom is -0.352 e. The largest absolute Gasteiger partial charge is 0.352 e. The van der Waals surface area contributed by atoms with Crippen LogP contribution in [0, 0.1) is 45.6 Å². The fraction of sp³-hybridized carbons (Fsp3) is 0.200. The predicted octanol–water partition coefficient (Wildman–Crippen LogP) is 3.21. The first-order valence-corrected chi connectivity index (χ1v) is 7.69. The molecule has 0 amide bonds. The van der Waals surface area contributed by atoms with Crippen molar-refractivity contribution < 1.29 is 4.92 Å². The van der Waals surface area contributed by atoms with E-state index in [1.54, 1.807) is 12.1 Å². The number of nitro benzene ring substituents is 1. The number of fused-ring (bicyclic) bond motifs is 1. The van der Waals surface area contributed by atoms with Crippen LogP contribution in [0.25, 0.3) is 0 Å². The number of hydrogen-bond donors (Lipinski definition) is 1. The van der Waals surface area contributed by atoms with Gasteiger partial charge in [-0.25, -0.2) is 0 Å². The lowest BCUT2D eigenvalue weighted by Gasteiger charge is -2.08. The molecule has 0 saturated heterocycles. The summed E-state index contributed by atoms with van der Waals surface area (Å²) >= 11 is 0. The molecule has 0 unspecified atom stereocenters. The van der Waals surface area contributed by atoms with Gasteiger partial charge in [-0.2, -0.15) is 0 Å². The van der Waals surface area contributed by atoms with Crippen LogP contribution < -0.4 is 0 Å². The summed E-state index contributed by atoms with van der Waals surface area (Å²) in [6.45, 7) is 0. The molecule has 24 heavy (non-hydrogen) atoms. The van der Waals surface area contributed by atoms with Gasteiger partial charge in [0.25, 0.3) is 5.69 Å². The zero-order valence-corrected chi connectivity index (χ0v) is 13.0. The van der Waals surface area contributed by atoms with Crippen molar-refractivity contribution in [2.75, 3.05) is 0 Å². The second-order valence-electron chi connectivity index (χ2n) is 5.45. The molecule has 2 aromatic rings. The summed E-state index contributed by atoms with van der Waals surface area (Å²) in [4.78, 5) is 13.4. The summed E-state index contributed by atoms with van der Waals surface area (Å²) < 4.78 is 0. The number of aromatic amines is 1. The Morgan fingerprint density at radius 2 is 1.67 bits per heavy atom. The van der Waals surface area contributed by atoms with Gasteiger partial charge in [0.1, 0.15) is 0 Å². The van der Waals surface area contributed by atoms with E-state index in [9.17, 15) is 10.1 Å². The van der Waals surface area contributed by atoms with Crippen molar-refractivity contribution in [1.29, 1.82) is 0 Å². The minimum absolute atomic E-state index is 0.0474. The van der Waals surface area contributed by atoms with Gasteiger partial charge in [-0.15, -0.1) is 0 Å². The number of benzene rings is 1. The van der Waals surface area contributed by atoms with Crippen molar-refractivity contribution in [3.05, 3.63) is 63.0 Å². The molecule has 1 heterocycles. The van der Waals surface area contributed by atoms with Gasteiger partial charge >= 0.3 is 0 Å². The van der Waals surface area contributed by atoms with Crippen molar-refractivity contribution in [2.24, 2.45) is 0 Å². The lowest BCUT2D eigenvalue weighted by atomic mass is 9.98. The number of nitrogens with one attached hydrogen (secondary N) is 1. The summed E-state index contributed by atoms with van der Waals surface area (Å²) in [6, 6.07) is 8.14. The van der Waals surface area contributed by atoms with Crippen LogP contribution in [0.1, 0.15) is 35.4 Å². The Labute approximate surface area is 140 Å². The van der Waals surface area contributed by atoms with Gasteiger partial charge in [0, 0.05) is 23.4 Å². The molecule has 0 aliphatic heterocycles.